The summed E-state index contributed by atoms with van der Waals surface area (Å²) >= 11 is 0. The number of carbonyl (C=O) groups is 1. The van der Waals surface area contributed by atoms with E-state index < -0.39 is 23.6 Å². The lowest BCUT2D eigenvalue weighted by atomic mass is 10.1. The molecule has 0 atom stereocenters. The highest BCUT2D eigenvalue weighted by Gasteiger charge is 2.35. The molecule has 0 unspecified atom stereocenters. The minimum Gasteiger partial charge on any atom is -0.444 e. The second-order valence-corrected chi connectivity index (χ2v) is 8.27. The fourth-order valence-electron chi connectivity index (χ4n) is 2.84. The van der Waals surface area contributed by atoms with Crippen molar-refractivity contribution >= 4 is 23.8 Å². The molecule has 2 aliphatic rings. The van der Waals surface area contributed by atoms with Crippen LogP contribution in [-0.2, 0) is 10.9 Å². The van der Waals surface area contributed by atoms with Crippen molar-refractivity contribution in [3.63, 3.8) is 0 Å². The Kier molecular flexibility index (Phi) is 5.91. The lowest BCUT2D eigenvalue weighted by Gasteiger charge is -2.39. The Balaban J connectivity index is 1.69. The number of allylic oxidation sites excluding steroid dienone is 1. The summed E-state index contributed by atoms with van der Waals surface area (Å²) in [6, 6.07) is 0.751. The van der Waals surface area contributed by atoms with Crippen LogP contribution in [-0.4, -0.2) is 65.0 Å². The smallest absolute Gasteiger partial charge is 0.433 e. The molecule has 1 aromatic heterocycles. The first-order chi connectivity index (χ1) is 14.0. The maximum absolute atomic E-state index is 13.3. The highest BCUT2D eigenvalue weighted by Crippen LogP contribution is 2.31. The Morgan fingerprint density at radius 3 is 2.43 bits per heavy atom. The third-order valence-electron chi connectivity index (χ3n) is 4.60. The summed E-state index contributed by atoms with van der Waals surface area (Å²) in [5, 5.41) is 10.6. The van der Waals surface area contributed by atoms with Gasteiger partial charge in [0.25, 0.3) is 0 Å². The van der Waals surface area contributed by atoms with Crippen molar-refractivity contribution in [2.45, 2.75) is 45.0 Å². The Hall–Kier alpha value is -2.85. The largest absolute Gasteiger partial charge is 0.444 e. The van der Waals surface area contributed by atoms with Crippen LogP contribution in [0.1, 0.15) is 38.6 Å². The minimum absolute atomic E-state index is 0.0126. The zero-order valence-electron chi connectivity index (χ0n) is 17.1. The van der Waals surface area contributed by atoms with E-state index in [1.54, 1.807) is 25.7 Å². The first kappa shape index (κ1) is 21.8. The van der Waals surface area contributed by atoms with Gasteiger partial charge in [0.05, 0.1) is 11.7 Å². The molecule has 0 radical (unpaired) electrons. The lowest BCUT2D eigenvalue weighted by Crippen LogP contribution is -2.59. The van der Waals surface area contributed by atoms with E-state index in [9.17, 15) is 18.0 Å². The number of alkyl halides is 3. The molecule has 8 nitrogen and oxygen atoms in total. The van der Waals surface area contributed by atoms with Gasteiger partial charge in [-0.15, -0.1) is 0 Å². The Bertz CT molecular complexity index is 840. The number of hydrogen-bond acceptors (Lipinski definition) is 7. The molecule has 0 aromatic carbocycles. The van der Waals surface area contributed by atoms with E-state index in [-0.39, 0.29) is 23.3 Å². The van der Waals surface area contributed by atoms with Crippen LogP contribution in [0.15, 0.2) is 12.3 Å². The van der Waals surface area contributed by atoms with E-state index >= 15 is 0 Å². The molecule has 1 amide bonds. The summed E-state index contributed by atoms with van der Waals surface area (Å²) in [6.45, 7) is 7.34. The number of aromatic nitrogens is 2. The minimum atomic E-state index is -4.61. The summed E-state index contributed by atoms with van der Waals surface area (Å²) in [4.78, 5) is 23.0. The van der Waals surface area contributed by atoms with Gasteiger partial charge in [-0.2, -0.15) is 13.2 Å². The molecule has 0 saturated carbocycles. The highest BCUT2D eigenvalue weighted by molar-refractivity contribution is 6.07. The van der Waals surface area contributed by atoms with E-state index in [0.29, 0.717) is 26.2 Å². The van der Waals surface area contributed by atoms with E-state index in [0.717, 1.165) is 18.7 Å². The number of ether oxygens (including phenoxy) is 1. The molecule has 0 bridgehead atoms. The number of likely N-dealkylation sites (tertiary alicyclic amines) is 1. The van der Waals surface area contributed by atoms with Crippen LogP contribution in [0.5, 0.6) is 0 Å². The molecule has 3 heterocycles. The number of amides is 1. The van der Waals surface area contributed by atoms with Crippen molar-refractivity contribution in [1.82, 2.24) is 20.2 Å². The van der Waals surface area contributed by atoms with Gasteiger partial charge >= 0.3 is 12.3 Å². The number of carbonyl (C=O) groups excluding carboxylic acids is 1. The number of nitrogens with one attached hydrogen (secondary N) is 2. The van der Waals surface area contributed by atoms with Crippen molar-refractivity contribution in [3.05, 3.63) is 23.7 Å². The zero-order valence-corrected chi connectivity index (χ0v) is 17.1. The first-order valence-electron chi connectivity index (χ1n) is 9.62. The summed E-state index contributed by atoms with van der Waals surface area (Å²) in [5.41, 5.74) is -1.41. The molecule has 3 rings (SSSR count). The highest BCUT2D eigenvalue weighted by atomic mass is 19.4. The molecule has 11 heteroatoms. The molecule has 2 saturated heterocycles. The summed E-state index contributed by atoms with van der Waals surface area (Å²) in [7, 11) is 0. The standard InChI is InChI=1S/C19H25F3N6O2/c1-18(2,3)30-17(29)28-10-13(11-28)24-9-12(8-23)14-7-15(19(20,21)22)26-16(25-14)27-5-4-6-27/h7-9,13,23-24H,4-6,10-11H2,1-3H3/b12-9+,23-8?. The Labute approximate surface area is 172 Å². The van der Waals surface area contributed by atoms with Crippen molar-refractivity contribution in [3.8, 4) is 0 Å². The number of halogens is 3. The average Bonchev–Trinajstić information content (AvgIpc) is 2.52. The first-order valence-corrected chi connectivity index (χ1v) is 9.62. The van der Waals surface area contributed by atoms with Gasteiger partial charge < -0.3 is 25.3 Å². The zero-order chi connectivity index (χ0) is 22.1. The topological polar surface area (TPSA) is 94.4 Å². The van der Waals surface area contributed by atoms with Crippen LogP contribution in [0.2, 0.25) is 0 Å². The quantitative estimate of drug-likeness (QED) is 0.703. The normalized spacial score (nSPS) is 17.9. The van der Waals surface area contributed by atoms with Gasteiger partial charge in [-0.25, -0.2) is 14.8 Å². The average molecular weight is 426 g/mol. The van der Waals surface area contributed by atoms with Crippen molar-refractivity contribution in [2.75, 3.05) is 31.1 Å². The van der Waals surface area contributed by atoms with Gasteiger partial charge in [-0.1, -0.05) is 0 Å². The van der Waals surface area contributed by atoms with Crippen LogP contribution in [0.4, 0.5) is 23.9 Å². The predicted molar refractivity (Wildman–Crippen MR) is 105 cm³/mol. The van der Waals surface area contributed by atoms with Gasteiger partial charge in [0.15, 0.2) is 5.69 Å². The molecule has 164 valence electrons. The summed E-state index contributed by atoms with van der Waals surface area (Å²) < 4.78 is 45.1. The van der Waals surface area contributed by atoms with Gasteiger partial charge in [0.2, 0.25) is 5.95 Å². The number of nitrogens with zero attached hydrogens (tertiary/aromatic N) is 4. The van der Waals surface area contributed by atoms with Crippen LogP contribution in [0, 0.1) is 5.41 Å². The summed E-state index contributed by atoms with van der Waals surface area (Å²) in [5.74, 6) is 0.0126. The molecular formula is C19H25F3N6O2. The molecule has 0 aliphatic carbocycles. The Morgan fingerprint density at radius 1 is 1.27 bits per heavy atom. The molecule has 1 aromatic rings. The van der Waals surface area contributed by atoms with Crippen LogP contribution >= 0.6 is 0 Å². The fourth-order valence-corrected chi connectivity index (χ4v) is 2.84. The molecule has 2 fully saturated rings. The molecular weight excluding hydrogens is 401 g/mol. The maximum atomic E-state index is 13.3. The fraction of sp³-hybridized carbons (Fsp3) is 0.579. The summed E-state index contributed by atoms with van der Waals surface area (Å²) in [6.07, 6.45) is -1.76. The van der Waals surface area contributed by atoms with Gasteiger partial charge in [0.1, 0.15) is 5.60 Å². The Morgan fingerprint density at radius 2 is 1.93 bits per heavy atom. The van der Waals surface area contributed by atoms with Crippen molar-refractivity contribution in [2.24, 2.45) is 0 Å². The van der Waals surface area contributed by atoms with Gasteiger partial charge in [0, 0.05) is 44.2 Å². The van der Waals surface area contributed by atoms with Gasteiger partial charge in [-0.3, -0.25) is 0 Å². The van der Waals surface area contributed by atoms with Crippen molar-refractivity contribution < 1.29 is 22.7 Å². The monoisotopic (exact) mass is 426 g/mol. The number of hydrogen-bond donors (Lipinski definition) is 2. The molecule has 2 N–H and O–H groups in total. The SMILES string of the molecule is CC(C)(C)OC(=O)N1CC(N/C=C(\C=N)c2cc(C(F)(F)F)nc(N3CCC3)n2)C1. The van der Waals surface area contributed by atoms with E-state index in [4.69, 9.17) is 10.1 Å². The van der Waals surface area contributed by atoms with Crippen molar-refractivity contribution in [1.29, 1.82) is 5.41 Å². The van der Waals surface area contributed by atoms with Crippen LogP contribution < -0.4 is 10.2 Å². The number of anilines is 1. The maximum Gasteiger partial charge on any atom is 0.433 e. The predicted octanol–water partition coefficient (Wildman–Crippen LogP) is 2.90. The van der Waals surface area contributed by atoms with Crippen LogP contribution in [0.25, 0.3) is 5.57 Å². The third kappa shape index (κ3) is 5.19. The second kappa shape index (κ2) is 8.11. The van der Waals surface area contributed by atoms with E-state index in [1.807, 2.05) is 0 Å². The molecule has 2 aliphatic heterocycles. The second-order valence-electron chi connectivity index (χ2n) is 8.27. The lowest BCUT2D eigenvalue weighted by molar-refractivity contribution is -0.141. The van der Waals surface area contributed by atoms with E-state index in [2.05, 4.69) is 15.3 Å². The van der Waals surface area contributed by atoms with Crippen LogP contribution in [0.3, 0.4) is 0 Å². The van der Waals surface area contributed by atoms with E-state index in [1.165, 1.54) is 11.1 Å². The van der Waals surface area contributed by atoms with Gasteiger partial charge in [-0.05, 0) is 33.3 Å². The number of rotatable bonds is 5. The molecule has 30 heavy (non-hydrogen) atoms. The third-order valence-corrected chi connectivity index (χ3v) is 4.60. The molecule has 0 spiro atoms.